The normalized spacial score (nSPS) is 10.2. The van der Waals surface area contributed by atoms with E-state index >= 15 is 0 Å². The molecule has 2 nitrogen and oxygen atoms in total. The summed E-state index contributed by atoms with van der Waals surface area (Å²) in [5.41, 5.74) is 0. The van der Waals surface area contributed by atoms with Crippen LogP contribution >= 0.6 is 11.3 Å². The van der Waals surface area contributed by atoms with Gasteiger partial charge < -0.3 is 0 Å². The van der Waals surface area contributed by atoms with Crippen molar-refractivity contribution in [3.63, 3.8) is 0 Å². The van der Waals surface area contributed by atoms with Gasteiger partial charge in [-0.05, 0) is 17.5 Å². The predicted molar refractivity (Wildman–Crippen MR) is 37.4 cm³/mol. The fourth-order valence-electron chi connectivity index (χ4n) is 0.719. The van der Waals surface area contributed by atoms with Crippen molar-refractivity contribution in [2.75, 3.05) is 0 Å². The van der Waals surface area contributed by atoms with Gasteiger partial charge >= 0.3 is 0 Å². The molecule has 0 fully saturated rings. The molecule has 0 saturated carbocycles. The Morgan fingerprint density at radius 1 is 1.33 bits per heavy atom. The molecule has 2 heterocycles. The lowest BCUT2D eigenvalue weighted by Crippen LogP contribution is -1.73. The topological polar surface area (TPSA) is 25.8 Å². The molecule has 0 unspecified atom stereocenters. The molecule has 3 heteroatoms. The van der Waals surface area contributed by atoms with Gasteiger partial charge in [-0.2, -0.15) is 5.10 Å². The van der Waals surface area contributed by atoms with Crippen LogP contribution in [0.3, 0.4) is 0 Å². The molecule has 2 aromatic heterocycles. The van der Waals surface area contributed by atoms with E-state index in [1.807, 2.05) is 17.5 Å². The van der Waals surface area contributed by atoms with Crippen molar-refractivity contribution in [1.82, 2.24) is 10.2 Å². The van der Waals surface area contributed by atoms with Gasteiger partial charge in [-0.3, -0.25) is 0 Å². The fraction of sp³-hybridized carbons (Fsp3) is 0. The molecule has 0 aliphatic carbocycles. The van der Waals surface area contributed by atoms with Crippen molar-refractivity contribution >= 4 is 21.6 Å². The summed E-state index contributed by atoms with van der Waals surface area (Å²) in [6, 6.07) is 3.99. The third-order valence-corrected chi connectivity index (χ3v) is 1.96. The molecule has 0 atom stereocenters. The fourth-order valence-corrected chi connectivity index (χ4v) is 1.43. The van der Waals surface area contributed by atoms with E-state index in [1.54, 1.807) is 17.5 Å². The molecule has 0 amide bonds. The lowest BCUT2D eigenvalue weighted by atomic mass is 10.4. The SMILES string of the molecule is c1cc2ccsc2nn1. The third-order valence-electron chi connectivity index (χ3n) is 1.14. The monoisotopic (exact) mass is 136 g/mol. The average molecular weight is 136 g/mol. The van der Waals surface area contributed by atoms with Crippen molar-refractivity contribution in [2.24, 2.45) is 0 Å². The van der Waals surface area contributed by atoms with Gasteiger partial charge in [-0.25, -0.2) is 0 Å². The minimum atomic E-state index is 1.01. The summed E-state index contributed by atoms with van der Waals surface area (Å²) in [6.45, 7) is 0. The molecule has 44 valence electrons. The number of nitrogens with zero attached hydrogens (tertiary/aromatic N) is 2. The van der Waals surface area contributed by atoms with Crippen LogP contribution in [0.25, 0.3) is 10.2 Å². The summed E-state index contributed by atoms with van der Waals surface area (Å²) in [5.74, 6) is 0. The van der Waals surface area contributed by atoms with E-state index in [2.05, 4.69) is 10.2 Å². The van der Waals surface area contributed by atoms with Crippen LogP contribution in [0.4, 0.5) is 0 Å². The first-order valence-corrected chi connectivity index (χ1v) is 3.50. The molecule has 0 bridgehead atoms. The standard InChI is InChI=1S/C6H4N2S/c1-3-7-8-6-5(1)2-4-9-6/h1-4H. The zero-order valence-electron chi connectivity index (χ0n) is 4.61. The largest absolute Gasteiger partial charge is 0.158 e. The Labute approximate surface area is 56.2 Å². The van der Waals surface area contributed by atoms with E-state index in [0.717, 1.165) is 4.83 Å². The van der Waals surface area contributed by atoms with Crippen LogP contribution in [0.1, 0.15) is 0 Å². The van der Waals surface area contributed by atoms with E-state index < -0.39 is 0 Å². The smallest absolute Gasteiger partial charge is 0.146 e. The second kappa shape index (κ2) is 1.77. The van der Waals surface area contributed by atoms with E-state index in [1.165, 1.54) is 5.39 Å². The Morgan fingerprint density at radius 3 is 3.22 bits per heavy atom. The van der Waals surface area contributed by atoms with E-state index in [9.17, 15) is 0 Å². The van der Waals surface area contributed by atoms with Crippen molar-refractivity contribution in [3.05, 3.63) is 23.7 Å². The van der Waals surface area contributed by atoms with E-state index in [4.69, 9.17) is 0 Å². The maximum absolute atomic E-state index is 3.91. The first kappa shape index (κ1) is 4.88. The highest BCUT2D eigenvalue weighted by Crippen LogP contribution is 2.15. The van der Waals surface area contributed by atoms with Gasteiger partial charge in [-0.1, -0.05) is 0 Å². The predicted octanol–water partition coefficient (Wildman–Crippen LogP) is 1.69. The molecule has 0 saturated heterocycles. The zero-order valence-corrected chi connectivity index (χ0v) is 5.43. The highest BCUT2D eigenvalue weighted by Gasteiger charge is 1.90. The van der Waals surface area contributed by atoms with Crippen LogP contribution in [0.5, 0.6) is 0 Å². The summed E-state index contributed by atoms with van der Waals surface area (Å²) in [4.78, 5) is 1.01. The number of hydrogen-bond donors (Lipinski definition) is 0. The molecular weight excluding hydrogens is 132 g/mol. The van der Waals surface area contributed by atoms with Crippen LogP contribution in [0.15, 0.2) is 23.7 Å². The zero-order chi connectivity index (χ0) is 6.10. The summed E-state index contributed by atoms with van der Waals surface area (Å²) >= 11 is 1.61. The van der Waals surface area contributed by atoms with Gasteiger partial charge in [-0.15, -0.1) is 16.4 Å². The molecule has 0 aromatic carbocycles. The quantitative estimate of drug-likeness (QED) is 0.550. The highest BCUT2D eigenvalue weighted by molar-refractivity contribution is 7.16. The van der Waals surface area contributed by atoms with Crippen molar-refractivity contribution in [3.8, 4) is 0 Å². The first-order chi connectivity index (χ1) is 4.47. The maximum atomic E-state index is 3.91. The van der Waals surface area contributed by atoms with Gasteiger partial charge in [0, 0.05) is 5.39 Å². The average Bonchev–Trinajstić information content (AvgIpc) is 2.33. The number of thiophene rings is 1. The van der Waals surface area contributed by atoms with Gasteiger partial charge in [0.1, 0.15) is 4.83 Å². The minimum absolute atomic E-state index is 1.01. The molecular formula is C6H4N2S. The molecule has 9 heavy (non-hydrogen) atoms. The Kier molecular flexibility index (Phi) is 0.960. The second-order valence-corrected chi connectivity index (χ2v) is 2.61. The summed E-state index contributed by atoms with van der Waals surface area (Å²) in [7, 11) is 0. The van der Waals surface area contributed by atoms with Crippen molar-refractivity contribution in [2.45, 2.75) is 0 Å². The van der Waals surface area contributed by atoms with Crippen LogP contribution in [-0.4, -0.2) is 10.2 Å². The van der Waals surface area contributed by atoms with Gasteiger partial charge in [0.15, 0.2) is 0 Å². The second-order valence-electron chi connectivity index (χ2n) is 1.71. The Balaban J connectivity index is 2.95. The van der Waals surface area contributed by atoms with Crippen LogP contribution in [0, 0.1) is 0 Å². The summed E-state index contributed by atoms with van der Waals surface area (Å²) in [5, 5.41) is 10.8. The summed E-state index contributed by atoms with van der Waals surface area (Å²) < 4.78 is 0. The van der Waals surface area contributed by atoms with Crippen molar-refractivity contribution < 1.29 is 0 Å². The van der Waals surface area contributed by atoms with Crippen LogP contribution in [-0.2, 0) is 0 Å². The molecule has 0 aliphatic heterocycles. The lowest BCUT2D eigenvalue weighted by Gasteiger charge is -1.80. The van der Waals surface area contributed by atoms with Gasteiger partial charge in [0.25, 0.3) is 0 Å². The minimum Gasteiger partial charge on any atom is -0.158 e. The number of rotatable bonds is 0. The molecule has 0 radical (unpaired) electrons. The number of hydrogen-bond acceptors (Lipinski definition) is 3. The van der Waals surface area contributed by atoms with Crippen LogP contribution < -0.4 is 0 Å². The van der Waals surface area contributed by atoms with Gasteiger partial charge in [0.05, 0.1) is 6.20 Å². The van der Waals surface area contributed by atoms with Crippen LogP contribution in [0.2, 0.25) is 0 Å². The van der Waals surface area contributed by atoms with Gasteiger partial charge in [0.2, 0.25) is 0 Å². The maximum Gasteiger partial charge on any atom is 0.146 e. The molecule has 2 aromatic rings. The molecule has 0 spiro atoms. The Bertz CT molecular complexity index is 285. The molecule has 0 aliphatic rings. The first-order valence-electron chi connectivity index (χ1n) is 2.62. The van der Waals surface area contributed by atoms with Crippen molar-refractivity contribution in [1.29, 1.82) is 0 Å². The highest BCUT2D eigenvalue weighted by atomic mass is 32.1. The molecule has 0 N–H and O–H groups in total. The van der Waals surface area contributed by atoms with E-state index in [0.29, 0.717) is 0 Å². The van der Waals surface area contributed by atoms with E-state index in [-0.39, 0.29) is 0 Å². The Hall–Kier alpha value is -0.960. The number of aromatic nitrogens is 2. The Morgan fingerprint density at radius 2 is 2.33 bits per heavy atom. The third kappa shape index (κ3) is 0.695. The summed E-state index contributed by atoms with van der Waals surface area (Å²) in [6.07, 6.45) is 1.70. The lowest BCUT2D eigenvalue weighted by molar-refractivity contribution is 1.09. The number of fused-ring (bicyclic) bond motifs is 1. The molecule has 2 rings (SSSR count).